The molecule has 0 aliphatic rings. The average Bonchev–Trinajstić information content (AvgIpc) is 2.71. The third-order valence-corrected chi connectivity index (χ3v) is 5.22. The zero-order chi connectivity index (χ0) is 22.5. The standard InChI is InChI=1S/C26H29NO4.Na/c1-16(2)26-22(12-10-19(28)14-20(29)15-24(30)31)25(18-7-5-4-6-8-18)21-11-9-17(3)13-23(21)27-26;/h4-13,16,19-20,28-29H,14-15H2,1-3H3,(H,30,31);/q;+1/p-1. The van der Waals surface area contributed by atoms with E-state index >= 15 is 0 Å². The molecular weight excluding hydrogens is 413 g/mol. The Balaban J connectivity index is 0.00000363. The Hall–Kier alpha value is -2.02. The summed E-state index contributed by atoms with van der Waals surface area (Å²) in [5.41, 5.74) is 5.96. The summed E-state index contributed by atoms with van der Waals surface area (Å²) in [5, 5.41) is 31.8. The minimum absolute atomic E-state index is 0. The first kappa shape index (κ1) is 26.2. The second-order valence-corrected chi connectivity index (χ2v) is 8.22. The maximum Gasteiger partial charge on any atom is 1.00 e. The molecule has 2 aromatic carbocycles. The number of nitrogens with zero attached hydrogens (tertiary/aromatic N) is 1. The fourth-order valence-corrected chi connectivity index (χ4v) is 3.77. The topological polar surface area (TPSA) is 93.5 Å². The van der Waals surface area contributed by atoms with Crippen molar-refractivity contribution >= 4 is 22.9 Å². The number of aromatic nitrogens is 1. The van der Waals surface area contributed by atoms with E-state index in [9.17, 15) is 20.1 Å². The molecule has 3 aromatic rings. The zero-order valence-electron chi connectivity index (χ0n) is 19.1. The van der Waals surface area contributed by atoms with Crippen molar-refractivity contribution in [2.45, 2.75) is 51.7 Å². The van der Waals surface area contributed by atoms with Gasteiger partial charge in [0.1, 0.15) is 0 Å². The molecule has 2 unspecified atom stereocenters. The first-order chi connectivity index (χ1) is 14.8. The van der Waals surface area contributed by atoms with Crippen LogP contribution in [0.15, 0.2) is 54.6 Å². The largest absolute Gasteiger partial charge is 1.00 e. The SMILES string of the molecule is Cc1ccc2c(-c3ccccc3)c(C=CC(O)CC(O)CC(=O)[O-])c(C(C)C)nc2c1.[Na+]. The van der Waals surface area contributed by atoms with Gasteiger partial charge in [-0.05, 0) is 30.0 Å². The van der Waals surface area contributed by atoms with Crippen molar-refractivity contribution in [3.05, 3.63) is 71.4 Å². The van der Waals surface area contributed by atoms with Gasteiger partial charge >= 0.3 is 29.6 Å². The zero-order valence-corrected chi connectivity index (χ0v) is 21.1. The number of aliphatic hydroxyl groups is 2. The summed E-state index contributed by atoms with van der Waals surface area (Å²) < 4.78 is 0. The summed E-state index contributed by atoms with van der Waals surface area (Å²) in [4.78, 5) is 15.6. The van der Waals surface area contributed by atoms with Crippen LogP contribution < -0.4 is 34.7 Å². The molecule has 0 aliphatic carbocycles. The summed E-state index contributed by atoms with van der Waals surface area (Å²) in [6, 6.07) is 16.3. The maximum absolute atomic E-state index is 10.7. The van der Waals surface area contributed by atoms with Gasteiger partial charge < -0.3 is 20.1 Å². The summed E-state index contributed by atoms with van der Waals surface area (Å²) in [6.45, 7) is 6.20. The molecule has 0 fully saturated rings. The molecule has 2 atom stereocenters. The molecule has 0 saturated heterocycles. The monoisotopic (exact) mass is 441 g/mol. The third-order valence-electron chi connectivity index (χ3n) is 5.22. The van der Waals surface area contributed by atoms with Gasteiger partial charge in [0.25, 0.3) is 0 Å². The van der Waals surface area contributed by atoms with Gasteiger partial charge in [-0.1, -0.05) is 68.5 Å². The molecule has 0 spiro atoms. The smallest absolute Gasteiger partial charge is 0.550 e. The Morgan fingerprint density at radius 3 is 2.44 bits per heavy atom. The van der Waals surface area contributed by atoms with E-state index < -0.39 is 24.6 Å². The number of carbonyl (C=O) groups is 1. The number of aliphatic carboxylic acids is 1. The Kier molecular flexibility index (Phi) is 9.62. The molecular formula is C26H28NNaO4. The number of hydrogen-bond donors (Lipinski definition) is 2. The van der Waals surface area contributed by atoms with Crippen LogP contribution in [0.2, 0.25) is 0 Å². The Bertz CT molecular complexity index is 1100. The average molecular weight is 442 g/mol. The number of carbonyl (C=O) groups excluding carboxylic acids is 1. The van der Waals surface area contributed by atoms with Gasteiger partial charge in [0.15, 0.2) is 0 Å². The summed E-state index contributed by atoms with van der Waals surface area (Å²) >= 11 is 0. The molecule has 0 bridgehead atoms. The molecule has 162 valence electrons. The van der Waals surface area contributed by atoms with Crippen molar-refractivity contribution in [1.29, 1.82) is 0 Å². The molecule has 1 heterocycles. The van der Waals surface area contributed by atoms with E-state index in [1.165, 1.54) is 0 Å². The number of aliphatic hydroxyl groups excluding tert-OH is 2. The number of benzene rings is 2. The fourth-order valence-electron chi connectivity index (χ4n) is 3.77. The van der Waals surface area contributed by atoms with Crippen molar-refractivity contribution in [2.24, 2.45) is 0 Å². The quantitative estimate of drug-likeness (QED) is 0.500. The molecule has 0 amide bonds. The fraction of sp³-hybridized carbons (Fsp3) is 0.308. The van der Waals surface area contributed by atoms with Crippen LogP contribution in [0.1, 0.15) is 49.4 Å². The van der Waals surface area contributed by atoms with Crippen LogP contribution in [0.3, 0.4) is 0 Å². The van der Waals surface area contributed by atoms with Gasteiger partial charge in [-0.3, -0.25) is 4.98 Å². The molecule has 0 radical (unpaired) electrons. The Labute approximate surface area is 211 Å². The predicted molar refractivity (Wildman–Crippen MR) is 121 cm³/mol. The van der Waals surface area contributed by atoms with Crippen molar-refractivity contribution in [3.8, 4) is 11.1 Å². The molecule has 2 N–H and O–H groups in total. The van der Waals surface area contributed by atoms with Gasteiger partial charge in [-0.2, -0.15) is 0 Å². The molecule has 1 aromatic heterocycles. The normalized spacial score (nSPS) is 13.3. The van der Waals surface area contributed by atoms with E-state index in [2.05, 4.69) is 44.2 Å². The summed E-state index contributed by atoms with van der Waals surface area (Å²) in [7, 11) is 0. The first-order valence-electron chi connectivity index (χ1n) is 10.5. The van der Waals surface area contributed by atoms with Crippen molar-refractivity contribution in [1.82, 2.24) is 4.98 Å². The van der Waals surface area contributed by atoms with Gasteiger partial charge in [0.05, 0.1) is 23.4 Å². The van der Waals surface area contributed by atoms with Crippen LogP contribution >= 0.6 is 0 Å². The Morgan fingerprint density at radius 2 is 1.81 bits per heavy atom. The number of carboxylic acids is 1. The van der Waals surface area contributed by atoms with E-state index in [1.54, 1.807) is 6.08 Å². The summed E-state index contributed by atoms with van der Waals surface area (Å²) in [5.74, 6) is -1.20. The van der Waals surface area contributed by atoms with E-state index in [1.807, 2.05) is 31.2 Å². The van der Waals surface area contributed by atoms with E-state index in [0.29, 0.717) is 0 Å². The van der Waals surface area contributed by atoms with E-state index in [-0.39, 0.29) is 41.9 Å². The Morgan fingerprint density at radius 1 is 1.12 bits per heavy atom. The van der Waals surface area contributed by atoms with Crippen LogP contribution in [-0.4, -0.2) is 33.4 Å². The van der Waals surface area contributed by atoms with Crippen molar-refractivity contribution < 1.29 is 49.7 Å². The second kappa shape index (κ2) is 11.7. The van der Waals surface area contributed by atoms with Crippen LogP contribution in [0, 0.1) is 6.92 Å². The van der Waals surface area contributed by atoms with Crippen LogP contribution in [0.4, 0.5) is 0 Å². The number of aryl methyl sites for hydroxylation is 1. The molecule has 6 heteroatoms. The molecule has 0 aliphatic heterocycles. The van der Waals surface area contributed by atoms with Gasteiger partial charge in [-0.15, -0.1) is 0 Å². The number of pyridine rings is 1. The maximum atomic E-state index is 10.7. The van der Waals surface area contributed by atoms with Crippen molar-refractivity contribution in [3.63, 3.8) is 0 Å². The molecule has 32 heavy (non-hydrogen) atoms. The first-order valence-corrected chi connectivity index (χ1v) is 10.5. The number of hydrogen-bond acceptors (Lipinski definition) is 5. The minimum Gasteiger partial charge on any atom is -0.550 e. The molecule has 0 saturated carbocycles. The second-order valence-electron chi connectivity index (χ2n) is 8.22. The third kappa shape index (κ3) is 6.50. The number of fused-ring (bicyclic) bond motifs is 1. The predicted octanol–water partition coefficient (Wildman–Crippen LogP) is 0.603. The number of rotatable bonds is 8. The van der Waals surface area contributed by atoms with Gasteiger partial charge in [0.2, 0.25) is 0 Å². The van der Waals surface area contributed by atoms with Crippen LogP contribution in [0.5, 0.6) is 0 Å². The number of carboxylic acid groups (broad SMARTS) is 1. The van der Waals surface area contributed by atoms with E-state index in [0.717, 1.165) is 38.9 Å². The van der Waals surface area contributed by atoms with E-state index in [4.69, 9.17) is 4.98 Å². The van der Waals surface area contributed by atoms with Gasteiger partial charge in [-0.25, -0.2) is 0 Å². The molecule has 3 rings (SSSR count). The minimum atomic E-state index is -1.34. The molecule has 5 nitrogen and oxygen atoms in total. The van der Waals surface area contributed by atoms with Crippen LogP contribution in [-0.2, 0) is 4.79 Å². The van der Waals surface area contributed by atoms with Crippen molar-refractivity contribution in [2.75, 3.05) is 0 Å². The van der Waals surface area contributed by atoms with Crippen LogP contribution in [0.25, 0.3) is 28.1 Å². The summed E-state index contributed by atoms with van der Waals surface area (Å²) in [6.07, 6.45) is 0.678. The van der Waals surface area contributed by atoms with Gasteiger partial charge in [0, 0.05) is 35.3 Å².